The predicted octanol–water partition coefficient (Wildman–Crippen LogP) is 3.52. The molecule has 1 aliphatic heterocycles. The normalized spacial score (nSPS) is 15.7. The zero-order valence-corrected chi connectivity index (χ0v) is 17.2. The Balaban J connectivity index is 1.44. The Bertz CT molecular complexity index is 1180. The van der Waals surface area contributed by atoms with Gasteiger partial charge in [0.25, 0.3) is 11.8 Å². The van der Waals surface area contributed by atoms with Crippen LogP contribution >= 0.6 is 11.8 Å². The van der Waals surface area contributed by atoms with Crippen molar-refractivity contribution in [3.8, 4) is 11.5 Å². The lowest BCUT2D eigenvalue weighted by atomic mass is 10.2. The number of carbonyl (C=O) groups is 2. The maximum absolute atomic E-state index is 12.2. The van der Waals surface area contributed by atoms with E-state index in [1.54, 1.807) is 61.9 Å². The van der Waals surface area contributed by atoms with Crippen LogP contribution in [0.5, 0.6) is 11.5 Å². The molecular weight excluding hydrogens is 414 g/mol. The first-order valence-corrected chi connectivity index (χ1v) is 10.1. The van der Waals surface area contributed by atoms with E-state index in [0.717, 1.165) is 5.56 Å². The van der Waals surface area contributed by atoms with Gasteiger partial charge in [0.05, 0.1) is 10.6 Å². The summed E-state index contributed by atoms with van der Waals surface area (Å²) in [5.74, 6) is 0.603. The second kappa shape index (κ2) is 9.23. The number of rotatable bonds is 5. The van der Waals surface area contributed by atoms with Gasteiger partial charge in [-0.1, -0.05) is 0 Å². The van der Waals surface area contributed by atoms with Crippen LogP contribution in [0.25, 0.3) is 6.08 Å². The van der Waals surface area contributed by atoms with Crippen LogP contribution < -0.4 is 15.4 Å². The largest absolute Gasteiger partial charge is 0.457 e. The monoisotopic (exact) mass is 431 g/mol. The number of ether oxygens (including phenoxy) is 1. The summed E-state index contributed by atoms with van der Waals surface area (Å²) in [5, 5.41) is 5.79. The van der Waals surface area contributed by atoms with Crippen molar-refractivity contribution in [1.82, 2.24) is 20.6 Å². The number of aliphatic imine (C=N–C) groups is 1. The van der Waals surface area contributed by atoms with Gasteiger partial charge in [-0.25, -0.2) is 4.99 Å². The average Bonchev–Trinajstić information content (AvgIpc) is 3.14. The first-order valence-electron chi connectivity index (χ1n) is 9.26. The van der Waals surface area contributed by atoms with E-state index in [9.17, 15) is 9.59 Å². The molecule has 1 fully saturated rings. The SMILES string of the molecule is CNC(=O)c1cc(Oc2ccc(N=C3NC(=O)/C(=C/c4ccncc4)S3)cc2)ccn1. The van der Waals surface area contributed by atoms with Gasteiger partial charge in [-0.05, 0) is 65.9 Å². The number of aromatic nitrogens is 2. The average molecular weight is 431 g/mol. The van der Waals surface area contributed by atoms with E-state index in [1.165, 1.54) is 18.0 Å². The third kappa shape index (κ3) is 5.14. The fourth-order valence-corrected chi connectivity index (χ4v) is 3.50. The molecule has 0 bridgehead atoms. The lowest BCUT2D eigenvalue weighted by Gasteiger charge is -2.07. The van der Waals surface area contributed by atoms with Crippen molar-refractivity contribution in [3.05, 3.63) is 83.3 Å². The third-order valence-corrected chi connectivity index (χ3v) is 5.06. The van der Waals surface area contributed by atoms with Crippen molar-refractivity contribution < 1.29 is 14.3 Å². The first-order chi connectivity index (χ1) is 15.1. The number of hydrogen-bond donors (Lipinski definition) is 2. The minimum atomic E-state index is -0.287. The van der Waals surface area contributed by atoms with E-state index in [2.05, 4.69) is 25.6 Å². The summed E-state index contributed by atoms with van der Waals surface area (Å²) in [4.78, 5) is 36.9. The van der Waals surface area contributed by atoms with Crippen LogP contribution in [0.3, 0.4) is 0 Å². The number of amides is 2. The molecule has 0 saturated carbocycles. The zero-order chi connectivity index (χ0) is 21.6. The minimum Gasteiger partial charge on any atom is -0.457 e. The second-order valence-electron chi connectivity index (χ2n) is 6.31. The Morgan fingerprint density at radius 2 is 1.87 bits per heavy atom. The van der Waals surface area contributed by atoms with Gasteiger partial charge in [-0.3, -0.25) is 19.6 Å². The molecule has 0 radical (unpaired) electrons. The van der Waals surface area contributed by atoms with Crippen molar-refractivity contribution in [2.45, 2.75) is 0 Å². The van der Waals surface area contributed by atoms with Gasteiger partial charge in [0.15, 0.2) is 5.17 Å². The quantitative estimate of drug-likeness (QED) is 0.599. The van der Waals surface area contributed by atoms with E-state index in [1.807, 2.05) is 12.1 Å². The Kier molecular flexibility index (Phi) is 6.04. The molecule has 0 spiro atoms. The number of hydrogen-bond acceptors (Lipinski definition) is 7. The van der Waals surface area contributed by atoms with Crippen molar-refractivity contribution in [1.29, 1.82) is 0 Å². The first kappa shape index (κ1) is 20.3. The van der Waals surface area contributed by atoms with E-state index in [-0.39, 0.29) is 17.5 Å². The summed E-state index contributed by atoms with van der Waals surface area (Å²) >= 11 is 1.28. The molecule has 8 nitrogen and oxygen atoms in total. The molecule has 1 saturated heterocycles. The Morgan fingerprint density at radius 1 is 1.10 bits per heavy atom. The van der Waals surface area contributed by atoms with Gasteiger partial charge in [0.2, 0.25) is 0 Å². The lowest BCUT2D eigenvalue weighted by molar-refractivity contribution is -0.115. The number of nitrogens with zero attached hydrogens (tertiary/aromatic N) is 3. The number of amidine groups is 1. The highest BCUT2D eigenvalue weighted by Gasteiger charge is 2.23. The molecule has 0 aliphatic carbocycles. The second-order valence-corrected chi connectivity index (χ2v) is 7.34. The topological polar surface area (TPSA) is 106 Å². The van der Waals surface area contributed by atoms with E-state index >= 15 is 0 Å². The Labute approximate surface area is 182 Å². The maximum atomic E-state index is 12.2. The summed E-state index contributed by atoms with van der Waals surface area (Å²) in [6.45, 7) is 0. The number of nitrogens with one attached hydrogen (secondary N) is 2. The number of thioether (sulfide) groups is 1. The van der Waals surface area contributed by atoms with Gasteiger partial charge in [-0.2, -0.15) is 0 Å². The zero-order valence-electron chi connectivity index (χ0n) is 16.4. The predicted molar refractivity (Wildman–Crippen MR) is 119 cm³/mol. The third-order valence-electron chi connectivity index (χ3n) is 4.15. The molecule has 2 N–H and O–H groups in total. The summed E-state index contributed by atoms with van der Waals surface area (Å²) in [6, 6.07) is 14.0. The van der Waals surface area contributed by atoms with Crippen LogP contribution in [-0.2, 0) is 4.79 Å². The molecule has 2 amide bonds. The summed E-state index contributed by atoms with van der Waals surface area (Å²) in [7, 11) is 1.54. The van der Waals surface area contributed by atoms with Gasteiger partial charge in [0.1, 0.15) is 17.2 Å². The highest BCUT2D eigenvalue weighted by molar-refractivity contribution is 8.18. The maximum Gasteiger partial charge on any atom is 0.269 e. The minimum absolute atomic E-state index is 0.190. The fraction of sp³-hybridized carbons (Fsp3) is 0.0455. The summed E-state index contributed by atoms with van der Waals surface area (Å²) in [5.41, 5.74) is 1.83. The number of pyridine rings is 2. The summed E-state index contributed by atoms with van der Waals surface area (Å²) < 4.78 is 5.78. The smallest absolute Gasteiger partial charge is 0.269 e. The van der Waals surface area contributed by atoms with Crippen LogP contribution in [0.15, 0.2) is 77.0 Å². The van der Waals surface area contributed by atoms with Crippen LogP contribution in [0.4, 0.5) is 5.69 Å². The summed E-state index contributed by atoms with van der Waals surface area (Å²) in [6.07, 6.45) is 6.65. The molecule has 1 aromatic carbocycles. The molecule has 9 heteroatoms. The van der Waals surface area contributed by atoms with Crippen molar-refractivity contribution >= 4 is 40.5 Å². The van der Waals surface area contributed by atoms with E-state index in [4.69, 9.17) is 4.74 Å². The lowest BCUT2D eigenvalue weighted by Crippen LogP contribution is -2.19. The molecule has 2 aromatic heterocycles. The van der Waals surface area contributed by atoms with Gasteiger partial charge < -0.3 is 15.4 Å². The van der Waals surface area contributed by atoms with Crippen LogP contribution in [-0.4, -0.2) is 34.0 Å². The molecule has 31 heavy (non-hydrogen) atoms. The molecule has 0 unspecified atom stereocenters. The van der Waals surface area contributed by atoms with Crippen molar-refractivity contribution in [3.63, 3.8) is 0 Å². The highest BCUT2D eigenvalue weighted by Crippen LogP contribution is 2.29. The molecular formula is C22H17N5O3S. The number of benzene rings is 1. The standard InChI is InChI=1S/C22H17N5O3S/c1-23-20(28)18-13-17(8-11-25-18)30-16-4-2-15(3-5-16)26-22-27-21(29)19(31-22)12-14-6-9-24-10-7-14/h2-13H,1H3,(H,23,28)(H,26,27,29)/b19-12-. The van der Waals surface area contributed by atoms with Gasteiger partial charge in [0, 0.05) is 31.7 Å². The number of carbonyl (C=O) groups excluding carboxylic acids is 2. The molecule has 3 aromatic rings. The van der Waals surface area contributed by atoms with Gasteiger partial charge in [-0.15, -0.1) is 0 Å². The van der Waals surface area contributed by atoms with Crippen LogP contribution in [0.1, 0.15) is 16.1 Å². The van der Waals surface area contributed by atoms with E-state index < -0.39 is 0 Å². The molecule has 0 atom stereocenters. The Morgan fingerprint density at radius 3 is 2.61 bits per heavy atom. The Hall–Kier alpha value is -3.98. The molecule has 3 heterocycles. The van der Waals surface area contributed by atoms with E-state index in [0.29, 0.717) is 27.3 Å². The van der Waals surface area contributed by atoms with Crippen molar-refractivity contribution in [2.75, 3.05) is 7.05 Å². The van der Waals surface area contributed by atoms with Crippen LogP contribution in [0.2, 0.25) is 0 Å². The van der Waals surface area contributed by atoms with Gasteiger partial charge >= 0.3 is 0 Å². The van der Waals surface area contributed by atoms with Crippen molar-refractivity contribution in [2.24, 2.45) is 4.99 Å². The van der Waals surface area contributed by atoms with Crippen LogP contribution in [0, 0.1) is 0 Å². The molecule has 154 valence electrons. The highest BCUT2D eigenvalue weighted by atomic mass is 32.2. The molecule has 1 aliphatic rings. The fourth-order valence-electron chi connectivity index (χ4n) is 2.66. The molecule has 4 rings (SSSR count).